The molecular weight excluding hydrogens is 436 g/mol. The zero-order valence-corrected chi connectivity index (χ0v) is 20.6. The van der Waals surface area contributed by atoms with Crippen molar-refractivity contribution in [2.45, 2.75) is 85.4 Å². The minimum atomic E-state index is -1.03. The van der Waals surface area contributed by atoms with Crippen LogP contribution in [0.5, 0.6) is 0 Å². The number of carbonyl (C=O) groups is 4. The van der Waals surface area contributed by atoms with Crippen LogP contribution in [0.15, 0.2) is 4.99 Å². The lowest BCUT2D eigenvalue weighted by atomic mass is 9.93. The summed E-state index contributed by atoms with van der Waals surface area (Å²) < 4.78 is 25.2. The highest BCUT2D eigenvalue weighted by Gasteiger charge is 2.41. The minimum absolute atomic E-state index is 0.0918. The summed E-state index contributed by atoms with van der Waals surface area (Å²) in [6.45, 7) is 11.9. The molecule has 1 N–H and O–H groups in total. The van der Waals surface area contributed by atoms with Gasteiger partial charge in [-0.3, -0.25) is 10.1 Å². The predicted molar refractivity (Wildman–Crippen MR) is 118 cm³/mol. The molecule has 0 spiro atoms. The van der Waals surface area contributed by atoms with Crippen molar-refractivity contribution in [1.82, 2.24) is 5.32 Å². The Morgan fingerprint density at radius 2 is 1.55 bits per heavy atom. The van der Waals surface area contributed by atoms with Crippen LogP contribution in [0.2, 0.25) is 0 Å². The maximum Gasteiger partial charge on any atom is 0.508 e. The van der Waals surface area contributed by atoms with E-state index in [4.69, 9.17) is 23.7 Å². The Morgan fingerprint density at radius 1 is 0.970 bits per heavy atom. The molecule has 0 bridgehead atoms. The van der Waals surface area contributed by atoms with E-state index >= 15 is 0 Å². The lowest BCUT2D eigenvalue weighted by Crippen LogP contribution is -2.44. The Bertz CT molecular complexity index is 738. The molecule has 0 aromatic heterocycles. The van der Waals surface area contributed by atoms with Crippen LogP contribution in [0.4, 0.5) is 14.4 Å². The lowest BCUT2D eigenvalue weighted by molar-refractivity contribution is -0.166. The van der Waals surface area contributed by atoms with Crippen LogP contribution in [0.3, 0.4) is 0 Å². The van der Waals surface area contributed by atoms with Gasteiger partial charge in [0.2, 0.25) is 0 Å². The standard InChI is InChI=1S/C22H36N2O9/c1-20(2,3)32-17(26)23-15(24-18(27)33-21(4,5)6)11-9-8-10-12-29-16(25)22(7)13-30-19(28)31-14-22/h8-14H2,1-7H3,(H,23,24,26,27). The van der Waals surface area contributed by atoms with Gasteiger partial charge in [0, 0.05) is 6.42 Å². The van der Waals surface area contributed by atoms with E-state index in [0.29, 0.717) is 19.3 Å². The number of amidine groups is 1. The number of carbonyl (C=O) groups excluding carboxylic acids is 4. The second-order valence-electron chi connectivity index (χ2n) is 10.0. The molecule has 1 fully saturated rings. The fourth-order valence-corrected chi connectivity index (χ4v) is 2.51. The molecule has 1 aliphatic heterocycles. The van der Waals surface area contributed by atoms with Crippen molar-refractivity contribution in [2.75, 3.05) is 19.8 Å². The van der Waals surface area contributed by atoms with Crippen molar-refractivity contribution in [1.29, 1.82) is 0 Å². The second-order valence-corrected chi connectivity index (χ2v) is 10.0. The van der Waals surface area contributed by atoms with Gasteiger partial charge in [-0.1, -0.05) is 0 Å². The molecule has 1 saturated heterocycles. The van der Waals surface area contributed by atoms with E-state index in [1.807, 2.05) is 0 Å². The summed E-state index contributed by atoms with van der Waals surface area (Å²) in [7, 11) is 0. The topological polar surface area (TPSA) is 139 Å². The molecule has 33 heavy (non-hydrogen) atoms. The van der Waals surface area contributed by atoms with E-state index in [1.165, 1.54) is 0 Å². The molecule has 1 rings (SSSR count). The van der Waals surface area contributed by atoms with Gasteiger partial charge in [0.15, 0.2) is 0 Å². The van der Waals surface area contributed by atoms with Crippen molar-refractivity contribution in [3.8, 4) is 0 Å². The maximum atomic E-state index is 12.2. The average Bonchev–Trinajstić information content (AvgIpc) is 2.63. The van der Waals surface area contributed by atoms with Gasteiger partial charge in [0.05, 0.1) is 6.61 Å². The molecule has 11 nitrogen and oxygen atoms in total. The molecule has 188 valence electrons. The van der Waals surface area contributed by atoms with Gasteiger partial charge in [-0.2, -0.15) is 4.99 Å². The molecule has 0 aliphatic carbocycles. The predicted octanol–water partition coefficient (Wildman–Crippen LogP) is 4.12. The second kappa shape index (κ2) is 11.9. The van der Waals surface area contributed by atoms with E-state index in [1.54, 1.807) is 48.5 Å². The van der Waals surface area contributed by atoms with E-state index in [0.717, 1.165) is 0 Å². The van der Waals surface area contributed by atoms with Crippen molar-refractivity contribution in [2.24, 2.45) is 10.4 Å². The summed E-state index contributed by atoms with van der Waals surface area (Å²) in [5, 5.41) is 2.50. The number of amides is 2. The van der Waals surface area contributed by atoms with Crippen molar-refractivity contribution in [3.05, 3.63) is 0 Å². The lowest BCUT2D eigenvalue weighted by Gasteiger charge is -2.29. The number of alkyl carbamates (subject to hydrolysis) is 1. The summed E-state index contributed by atoms with van der Waals surface area (Å²) in [5.41, 5.74) is -2.46. The number of ether oxygens (including phenoxy) is 5. The van der Waals surface area contributed by atoms with Crippen molar-refractivity contribution in [3.63, 3.8) is 0 Å². The fourth-order valence-electron chi connectivity index (χ4n) is 2.51. The molecule has 2 amide bonds. The molecule has 1 aliphatic rings. The van der Waals surface area contributed by atoms with E-state index < -0.39 is 40.9 Å². The van der Waals surface area contributed by atoms with Gasteiger partial charge < -0.3 is 23.7 Å². The zero-order chi connectivity index (χ0) is 25.3. The number of hydrogen-bond acceptors (Lipinski definition) is 9. The minimum Gasteiger partial charge on any atom is -0.465 e. The number of cyclic esters (lactones) is 2. The number of unbranched alkanes of at least 4 members (excludes halogenated alkanes) is 2. The summed E-state index contributed by atoms with van der Waals surface area (Å²) in [6.07, 6.45) is -0.299. The van der Waals surface area contributed by atoms with Crippen LogP contribution in [0.25, 0.3) is 0 Å². The third-order valence-electron chi connectivity index (χ3n) is 4.07. The Labute approximate surface area is 194 Å². The fraction of sp³-hybridized carbons (Fsp3) is 0.773. The first kappa shape index (κ1) is 28.2. The Kier molecular flexibility index (Phi) is 10.1. The molecule has 0 aromatic carbocycles. The summed E-state index contributed by atoms with van der Waals surface area (Å²) in [6, 6.07) is 0. The van der Waals surface area contributed by atoms with Gasteiger partial charge >= 0.3 is 24.3 Å². The SMILES string of the molecule is CC(C)(C)OC(=O)N=C(CCCCCOC(=O)C1(C)COC(=O)OC1)NC(=O)OC(C)(C)C. The third-order valence-corrected chi connectivity index (χ3v) is 4.07. The smallest absolute Gasteiger partial charge is 0.465 e. The van der Waals surface area contributed by atoms with E-state index in [-0.39, 0.29) is 32.1 Å². The van der Waals surface area contributed by atoms with Crippen LogP contribution < -0.4 is 5.32 Å². The first-order chi connectivity index (χ1) is 15.1. The Hall–Kier alpha value is -2.85. The number of rotatable bonds is 7. The van der Waals surface area contributed by atoms with E-state index in [2.05, 4.69) is 10.3 Å². The highest BCUT2D eigenvalue weighted by atomic mass is 16.7. The molecular formula is C22H36N2O9. The first-order valence-electron chi connectivity index (χ1n) is 10.9. The summed E-state index contributed by atoms with van der Waals surface area (Å²) >= 11 is 0. The van der Waals surface area contributed by atoms with Gasteiger partial charge in [0.1, 0.15) is 35.7 Å². The number of aliphatic imine (C=N–C) groups is 1. The quantitative estimate of drug-likeness (QED) is 0.190. The van der Waals surface area contributed by atoms with Crippen LogP contribution >= 0.6 is 0 Å². The first-order valence-corrected chi connectivity index (χ1v) is 10.9. The molecule has 0 radical (unpaired) electrons. The molecule has 1 heterocycles. The number of hydrogen-bond donors (Lipinski definition) is 1. The Morgan fingerprint density at radius 3 is 2.09 bits per heavy atom. The van der Waals surface area contributed by atoms with Gasteiger partial charge in [-0.05, 0) is 67.7 Å². The number of nitrogens with one attached hydrogen (secondary N) is 1. The van der Waals surface area contributed by atoms with Crippen LogP contribution in [0.1, 0.15) is 74.1 Å². The van der Waals surface area contributed by atoms with Gasteiger partial charge in [-0.15, -0.1) is 0 Å². The monoisotopic (exact) mass is 472 g/mol. The van der Waals surface area contributed by atoms with Crippen LogP contribution in [-0.4, -0.2) is 61.2 Å². The highest BCUT2D eigenvalue weighted by Crippen LogP contribution is 2.24. The van der Waals surface area contributed by atoms with Gasteiger partial charge in [-0.25, -0.2) is 14.4 Å². The van der Waals surface area contributed by atoms with Gasteiger partial charge in [0.25, 0.3) is 0 Å². The number of esters is 1. The summed E-state index contributed by atoms with van der Waals surface area (Å²) in [5.74, 6) is -0.377. The molecule has 0 saturated carbocycles. The largest absolute Gasteiger partial charge is 0.508 e. The van der Waals surface area contributed by atoms with Crippen LogP contribution in [0, 0.1) is 5.41 Å². The van der Waals surface area contributed by atoms with Crippen LogP contribution in [-0.2, 0) is 28.5 Å². The maximum absolute atomic E-state index is 12.2. The zero-order valence-electron chi connectivity index (χ0n) is 20.6. The normalized spacial score (nSPS) is 16.2. The molecule has 0 atom stereocenters. The average molecular weight is 473 g/mol. The Balaban J connectivity index is 2.50. The molecule has 0 unspecified atom stereocenters. The third kappa shape index (κ3) is 12.1. The van der Waals surface area contributed by atoms with E-state index in [9.17, 15) is 19.2 Å². The number of nitrogens with zero attached hydrogens (tertiary/aromatic N) is 1. The molecule has 11 heteroatoms. The van der Waals surface area contributed by atoms with Crippen molar-refractivity contribution >= 4 is 30.1 Å². The molecule has 0 aromatic rings. The summed E-state index contributed by atoms with van der Waals surface area (Å²) in [4.78, 5) is 51.2. The highest BCUT2D eigenvalue weighted by molar-refractivity contribution is 6.00. The van der Waals surface area contributed by atoms with Crippen molar-refractivity contribution < 1.29 is 42.9 Å².